The van der Waals surface area contributed by atoms with E-state index in [0.29, 0.717) is 18.0 Å². The first-order chi connectivity index (χ1) is 10.3. The Bertz CT molecular complexity index is 597. The van der Waals surface area contributed by atoms with Crippen LogP contribution in [-0.4, -0.2) is 24.1 Å². The number of hydrogen-bond donors (Lipinski definition) is 1. The number of nitrogens with zero attached hydrogens (tertiary/aromatic N) is 1. The van der Waals surface area contributed by atoms with Gasteiger partial charge in [-0.25, -0.2) is 9.78 Å². The Morgan fingerprint density at radius 2 is 1.95 bits per heavy atom. The average molecular weight is 284 g/mol. The standard InChI is InChI=1S/C17H20N2O2/c1-3-10-18-16-15(17(20)21-4-2)11-14(12-19-16)13-8-6-5-7-9-13/h5-9,11-12H,3-4,10H2,1-2H3,(H,18,19). The molecule has 0 bridgehead atoms. The van der Waals surface area contributed by atoms with Gasteiger partial charge in [0.15, 0.2) is 0 Å². The Hall–Kier alpha value is -2.36. The molecule has 0 saturated carbocycles. The third kappa shape index (κ3) is 3.81. The van der Waals surface area contributed by atoms with Gasteiger partial charge in [-0.1, -0.05) is 37.3 Å². The molecule has 1 N–H and O–H groups in total. The van der Waals surface area contributed by atoms with Crippen molar-refractivity contribution < 1.29 is 9.53 Å². The number of anilines is 1. The molecule has 0 amide bonds. The Balaban J connectivity index is 2.38. The number of rotatable bonds is 6. The molecule has 0 aliphatic heterocycles. The van der Waals surface area contributed by atoms with E-state index in [0.717, 1.165) is 24.1 Å². The van der Waals surface area contributed by atoms with Crippen LogP contribution in [0.25, 0.3) is 11.1 Å². The molecule has 2 aromatic rings. The van der Waals surface area contributed by atoms with Gasteiger partial charge in [-0.15, -0.1) is 0 Å². The zero-order valence-corrected chi connectivity index (χ0v) is 12.4. The van der Waals surface area contributed by atoms with Crippen molar-refractivity contribution in [1.29, 1.82) is 0 Å². The molecule has 110 valence electrons. The predicted molar refractivity (Wildman–Crippen MR) is 84.4 cm³/mol. The molecule has 4 heteroatoms. The van der Waals surface area contributed by atoms with E-state index in [1.165, 1.54) is 0 Å². The number of esters is 1. The first-order valence-corrected chi connectivity index (χ1v) is 7.22. The fourth-order valence-corrected chi connectivity index (χ4v) is 2.00. The first-order valence-electron chi connectivity index (χ1n) is 7.22. The van der Waals surface area contributed by atoms with Crippen molar-refractivity contribution in [3.8, 4) is 11.1 Å². The summed E-state index contributed by atoms with van der Waals surface area (Å²) < 4.78 is 5.12. The average Bonchev–Trinajstić information content (AvgIpc) is 2.54. The summed E-state index contributed by atoms with van der Waals surface area (Å²) in [6.45, 7) is 4.98. The molecule has 0 spiro atoms. The number of carbonyl (C=O) groups excluding carboxylic acids is 1. The van der Waals surface area contributed by atoms with Crippen LogP contribution in [0.2, 0.25) is 0 Å². The fourth-order valence-electron chi connectivity index (χ4n) is 2.00. The second kappa shape index (κ2) is 7.43. The number of pyridine rings is 1. The molecule has 0 unspecified atom stereocenters. The summed E-state index contributed by atoms with van der Waals surface area (Å²) in [6, 6.07) is 11.7. The molecule has 0 radical (unpaired) electrons. The minimum Gasteiger partial charge on any atom is -0.462 e. The summed E-state index contributed by atoms with van der Waals surface area (Å²) in [5.41, 5.74) is 2.41. The molecule has 2 rings (SSSR count). The molecule has 0 aliphatic rings. The summed E-state index contributed by atoms with van der Waals surface area (Å²) in [5.74, 6) is 0.233. The molecule has 21 heavy (non-hydrogen) atoms. The van der Waals surface area contributed by atoms with Crippen molar-refractivity contribution >= 4 is 11.8 Å². The van der Waals surface area contributed by atoms with Crippen molar-refractivity contribution in [3.63, 3.8) is 0 Å². The van der Waals surface area contributed by atoms with Gasteiger partial charge in [0.25, 0.3) is 0 Å². The highest BCUT2D eigenvalue weighted by Crippen LogP contribution is 2.23. The number of aromatic nitrogens is 1. The van der Waals surface area contributed by atoms with Crippen LogP contribution in [0.3, 0.4) is 0 Å². The minimum atomic E-state index is -0.346. The van der Waals surface area contributed by atoms with Crippen molar-refractivity contribution in [2.75, 3.05) is 18.5 Å². The lowest BCUT2D eigenvalue weighted by Gasteiger charge is -2.11. The maximum absolute atomic E-state index is 12.1. The summed E-state index contributed by atoms with van der Waals surface area (Å²) in [6.07, 6.45) is 2.74. The number of benzene rings is 1. The first kappa shape index (κ1) is 15.0. The molecule has 0 aliphatic carbocycles. The van der Waals surface area contributed by atoms with Crippen LogP contribution < -0.4 is 5.32 Å². The molecular weight excluding hydrogens is 264 g/mol. The van der Waals surface area contributed by atoms with Crippen LogP contribution in [0.1, 0.15) is 30.6 Å². The van der Waals surface area contributed by atoms with Gasteiger partial charge in [-0.2, -0.15) is 0 Å². The second-order valence-electron chi connectivity index (χ2n) is 4.63. The van der Waals surface area contributed by atoms with E-state index >= 15 is 0 Å². The van der Waals surface area contributed by atoms with Gasteiger partial charge in [0, 0.05) is 18.3 Å². The van der Waals surface area contributed by atoms with E-state index < -0.39 is 0 Å². The van der Waals surface area contributed by atoms with Crippen molar-refractivity contribution in [2.45, 2.75) is 20.3 Å². The quantitative estimate of drug-likeness (QED) is 0.821. The van der Waals surface area contributed by atoms with Gasteiger partial charge in [-0.05, 0) is 25.0 Å². The maximum atomic E-state index is 12.1. The van der Waals surface area contributed by atoms with Gasteiger partial charge in [0.05, 0.1) is 6.61 Å². The highest BCUT2D eigenvalue weighted by atomic mass is 16.5. The van der Waals surface area contributed by atoms with Gasteiger partial charge >= 0.3 is 5.97 Å². The number of hydrogen-bond acceptors (Lipinski definition) is 4. The van der Waals surface area contributed by atoms with Crippen LogP contribution in [0.5, 0.6) is 0 Å². The maximum Gasteiger partial charge on any atom is 0.341 e. The van der Waals surface area contributed by atoms with Crippen LogP contribution in [0, 0.1) is 0 Å². The molecule has 1 aromatic heterocycles. The number of ether oxygens (including phenoxy) is 1. The molecule has 1 heterocycles. The Labute approximate surface area is 125 Å². The number of carbonyl (C=O) groups is 1. The highest BCUT2D eigenvalue weighted by Gasteiger charge is 2.15. The lowest BCUT2D eigenvalue weighted by molar-refractivity contribution is 0.0527. The molecule has 1 aromatic carbocycles. The van der Waals surface area contributed by atoms with Crippen molar-refractivity contribution in [1.82, 2.24) is 4.98 Å². The normalized spacial score (nSPS) is 10.2. The third-order valence-electron chi connectivity index (χ3n) is 3.03. The molecule has 0 fully saturated rings. The van der Waals surface area contributed by atoms with Gasteiger partial charge in [-0.3, -0.25) is 0 Å². The van der Waals surface area contributed by atoms with Crippen LogP contribution in [0.15, 0.2) is 42.6 Å². The fraction of sp³-hybridized carbons (Fsp3) is 0.294. The van der Waals surface area contributed by atoms with Gasteiger partial charge in [0.2, 0.25) is 0 Å². The Kier molecular flexibility index (Phi) is 5.32. The van der Waals surface area contributed by atoms with E-state index in [9.17, 15) is 4.79 Å². The molecule has 4 nitrogen and oxygen atoms in total. The van der Waals surface area contributed by atoms with E-state index in [1.807, 2.05) is 36.4 Å². The minimum absolute atomic E-state index is 0.346. The second-order valence-corrected chi connectivity index (χ2v) is 4.63. The van der Waals surface area contributed by atoms with Crippen molar-refractivity contribution in [2.24, 2.45) is 0 Å². The molecular formula is C17H20N2O2. The third-order valence-corrected chi connectivity index (χ3v) is 3.03. The number of nitrogens with one attached hydrogen (secondary N) is 1. The predicted octanol–water partition coefficient (Wildman–Crippen LogP) is 3.75. The van der Waals surface area contributed by atoms with Gasteiger partial charge in [0.1, 0.15) is 11.4 Å². The van der Waals surface area contributed by atoms with E-state index in [4.69, 9.17) is 4.74 Å². The molecule has 0 saturated heterocycles. The summed E-state index contributed by atoms with van der Waals surface area (Å²) in [7, 11) is 0. The van der Waals surface area contributed by atoms with Gasteiger partial charge < -0.3 is 10.1 Å². The van der Waals surface area contributed by atoms with E-state index in [-0.39, 0.29) is 5.97 Å². The zero-order chi connectivity index (χ0) is 15.1. The topological polar surface area (TPSA) is 51.2 Å². The summed E-state index contributed by atoms with van der Waals surface area (Å²) >= 11 is 0. The Morgan fingerprint density at radius 3 is 2.62 bits per heavy atom. The summed E-state index contributed by atoms with van der Waals surface area (Å²) in [4.78, 5) is 16.5. The van der Waals surface area contributed by atoms with Crippen LogP contribution in [0.4, 0.5) is 5.82 Å². The van der Waals surface area contributed by atoms with E-state index in [2.05, 4.69) is 17.2 Å². The summed E-state index contributed by atoms with van der Waals surface area (Å²) in [5, 5.41) is 3.17. The lowest BCUT2D eigenvalue weighted by Crippen LogP contribution is -2.12. The monoisotopic (exact) mass is 284 g/mol. The lowest BCUT2D eigenvalue weighted by atomic mass is 10.1. The van der Waals surface area contributed by atoms with Crippen molar-refractivity contribution in [3.05, 3.63) is 48.2 Å². The SMILES string of the molecule is CCCNc1ncc(-c2ccccc2)cc1C(=O)OCC. The highest BCUT2D eigenvalue weighted by molar-refractivity contribution is 5.96. The van der Waals surface area contributed by atoms with E-state index in [1.54, 1.807) is 13.1 Å². The van der Waals surface area contributed by atoms with Crippen LogP contribution in [-0.2, 0) is 4.74 Å². The zero-order valence-electron chi connectivity index (χ0n) is 12.4. The molecule has 0 atom stereocenters. The Morgan fingerprint density at radius 1 is 1.19 bits per heavy atom. The largest absolute Gasteiger partial charge is 0.462 e. The smallest absolute Gasteiger partial charge is 0.341 e. The van der Waals surface area contributed by atoms with Crippen LogP contribution >= 0.6 is 0 Å².